The molecule has 1 aromatic carbocycles. The number of hydrogen-bond acceptors (Lipinski definition) is 5. The van der Waals surface area contributed by atoms with Crippen LogP contribution in [0.15, 0.2) is 42.7 Å². The lowest BCUT2D eigenvalue weighted by Gasteiger charge is -2.40. The van der Waals surface area contributed by atoms with Crippen molar-refractivity contribution in [2.24, 2.45) is 0 Å². The van der Waals surface area contributed by atoms with E-state index in [9.17, 15) is 9.59 Å². The number of para-hydroxylation sites is 1. The minimum absolute atomic E-state index is 0.0344. The lowest BCUT2D eigenvalue weighted by atomic mass is 9.84. The summed E-state index contributed by atoms with van der Waals surface area (Å²) in [5, 5.41) is 10.5. The number of fused-ring (bicyclic) bond motifs is 1. The highest BCUT2D eigenvalue weighted by Crippen LogP contribution is 2.38. The van der Waals surface area contributed by atoms with Gasteiger partial charge in [-0.05, 0) is 49.9 Å². The van der Waals surface area contributed by atoms with Crippen LogP contribution in [0.4, 0.5) is 0 Å². The fourth-order valence-corrected chi connectivity index (χ4v) is 4.81. The van der Waals surface area contributed by atoms with Crippen molar-refractivity contribution in [1.29, 1.82) is 0 Å². The monoisotopic (exact) mass is 411 g/mol. The molecular weight excluding hydrogens is 382 g/mol. The Kier molecular flexibility index (Phi) is 6.15. The number of rotatable bonds is 7. The van der Waals surface area contributed by atoms with Crippen LogP contribution in [0.25, 0.3) is 5.69 Å². The van der Waals surface area contributed by atoms with E-state index in [2.05, 4.69) is 20.6 Å². The molecule has 2 N–H and O–H groups in total. The van der Waals surface area contributed by atoms with Crippen LogP contribution in [0.3, 0.4) is 0 Å². The van der Waals surface area contributed by atoms with E-state index in [4.69, 9.17) is 4.74 Å². The molecular formula is C22H29N5O3. The summed E-state index contributed by atoms with van der Waals surface area (Å²) in [6.07, 6.45) is 7.19. The van der Waals surface area contributed by atoms with Gasteiger partial charge in [0.1, 0.15) is 12.1 Å². The highest BCUT2D eigenvalue weighted by molar-refractivity contribution is 5.87. The first-order valence-corrected chi connectivity index (χ1v) is 10.5. The first kappa shape index (κ1) is 20.6. The number of piperidine rings is 1. The van der Waals surface area contributed by atoms with Gasteiger partial charge in [-0.15, -0.1) is 0 Å². The third-order valence-electron chi connectivity index (χ3n) is 6.14. The van der Waals surface area contributed by atoms with E-state index in [0.717, 1.165) is 37.1 Å². The van der Waals surface area contributed by atoms with Crippen LogP contribution in [0.5, 0.6) is 0 Å². The molecule has 2 atom stereocenters. The molecule has 8 nitrogen and oxygen atoms in total. The number of carbonyl (C=O) groups is 2. The Balaban J connectivity index is 1.46. The molecule has 2 aliphatic heterocycles. The summed E-state index contributed by atoms with van der Waals surface area (Å²) in [6, 6.07) is 9.79. The van der Waals surface area contributed by atoms with Gasteiger partial charge in [0.2, 0.25) is 11.8 Å². The first-order valence-electron chi connectivity index (χ1n) is 10.5. The van der Waals surface area contributed by atoms with Crippen molar-refractivity contribution in [3.8, 4) is 5.69 Å². The molecule has 2 saturated heterocycles. The molecule has 8 heteroatoms. The summed E-state index contributed by atoms with van der Waals surface area (Å²) < 4.78 is 6.73. The molecule has 0 radical (unpaired) electrons. The van der Waals surface area contributed by atoms with E-state index in [1.54, 1.807) is 6.20 Å². The summed E-state index contributed by atoms with van der Waals surface area (Å²) in [5.41, 5.74) is 1.41. The Morgan fingerprint density at radius 2 is 2.13 bits per heavy atom. The topological polar surface area (TPSA) is 88.5 Å². The predicted molar refractivity (Wildman–Crippen MR) is 112 cm³/mol. The van der Waals surface area contributed by atoms with Gasteiger partial charge in [0, 0.05) is 38.6 Å². The van der Waals surface area contributed by atoms with Crippen LogP contribution < -0.4 is 10.6 Å². The van der Waals surface area contributed by atoms with E-state index in [1.807, 2.05) is 41.2 Å². The summed E-state index contributed by atoms with van der Waals surface area (Å²) in [7, 11) is 1.51. The molecule has 0 aliphatic carbocycles. The summed E-state index contributed by atoms with van der Waals surface area (Å²) in [4.78, 5) is 27.6. The number of aromatic nitrogens is 2. The van der Waals surface area contributed by atoms with Crippen LogP contribution in [0.2, 0.25) is 0 Å². The second kappa shape index (κ2) is 8.97. The third-order valence-corrected chi connectivity index (χ3v) is 6.14. The van der Waals surface area contributed by atoms with Gasteiger partial charge in [0.05, 0.1) is 5.69 Å². The molecule has 30 heavy (non-hydrogen) atoms. The van der Waals surface area contributed by atoms with Gasteiger partial charge in [0.15, 0.2) is 0 Å². The Morgan fingerprint density at radius 1 is 1.27 bits per heavy atom. The number of methoxy groups -OCH3 is 1. The molecule has 0 spiro atoms. The molecule has 0 saturated carbocycles. The van der Waals surface area contributed by atoms with Gasteiger partial charge < -0.3 is 15.4 Å². The maximum Gasteiger partial charge on any atom is 0.246 e. The van der Waals surface area contributed by atoms with Crippen molar-refractivity contribution in [3.63, 3.8) is 0 Å². The lowest BCUT2D eigenvalue weighted by Crippen LogP contribution is -2.57. The fourth-order valence-electron chi connectivity index (χ4n) is 4.81. The van der Waals surface area contributed by atoms with E-state index in [1.165, 1.54) is 7.11 Å². The van der Waals surface area contributed by atoms with Crippen molar-refractivity contribution in [1.82, 2.24) is 25.3 Å². The maximum absolute atomic E-state index is 13.4. The SMILES string of the molecule is COCC(=O)N[C@@H]1CN2CCCC[C@@]2(C(=O)NCc2ccccc2-n2cccn2)C1. The number of carbonyl (C=O) groups excluding carboxylic acids is 2. The van der Waals surface area contributed by atoms with Crippen molar-refractivity contribution in [2.45, 2.75) is 43.8 Å². The molecule has 160 valence electrons. The molecule has 3 heterocycles. The van der Waals surface area contributed by atoms with Gasteiger partial charge in [-0.3, -0.25) is 14.5 Å². The Bertz CT molecular complexity index is 885. The second-order valence-electron chi connectivity index (χ2n) is 8.10. The molecule has 2 amide bonds. The molecule has 2 fully saturated rings. The van der Waals surface area contributed by atoms with Crippen LogP contribution in [0, 0.1) is 0 Å². The van der Waals surface area contributed by atoms with Gasteiger partial charge >= 0.3 is 0 Å². The number of ether oxygens (including phenoxy) is 1. The number of hydrogen-bond donors (Lipinski definition) is 2. The van der Waals surface area contributed by atoms with Gasteiger partial charge in [-0.1, -0.05) is 18.2 Å². The second-order valence-corrected chi connectivity index (χ2v) is 8.10. The number of amides is 2. The normalized spacial score (nSPS) is 23.7. The highest BCUT2D eigenvalue weighted by Gasteiger charge is 2.52. The number of benzene rings is 1. The molecule has 0 bridgehead atoms. The Labute approximate surface area is 176 Å². The zero-order valence-electron chi connectivity index (χ0n) is 17.3. The average Bonchev–Trinajstić information content (AvgIpc) is 3.40. The van der Waals surface area contributed by atoms with Crippen LogP contribution >= 0.6 is 0 Å². The maximum atomic E-state index is 13.4. The van der Waals surface area contributed by atoms with Crippen molar-refractivity contribution < 1.29 is 14.3 Å². The van der Waals surface area contributed by atoms with Crippen molar-refractivity contribution in [3.05, 3.63) is 48.3 Å². The van der Waals surface area contributed by atoms with Gasteiger partial charge in [0.25, 0.3) is 0 Å². The molecule has 2 aliphatic rings. The largest absolute Gasteiger partial charge is 0.375 e. The number of nitrogens with zero attached hydrogens (tertiary/aromatic N) is 3. The Morgan fingerprint density at radius 3 is 2.93 bits per heavy atom. The summed E-state index contributed by atoms with van der Waals surface area (Å²) in [5.74, 6) is -0.0907. The lowest BCUT2D eigenvalue weighted by molar-refractivity contribution is -0.134. The minimum atomic E-state index is -0.552. The van der Waals surface area contributed by atoms with Crippen LogP contribution in [-0.4, -0.2) is 64.9 Å². The van der Waals surface area contributed by atoms with Crippen molar-refractivity contribution >= 4 is 11.8 Å². The summed E-state index contributed by atoms with van der Waals surface area (Å²) in [6.45, 7) is 2.06. The average molecular weight is 412 g/mol. The van der Waals surface area contributed by atoms with E-state index in [0.29, 0.717) is 19.5 Å². The zero-order valence-corrected chi connectivity index (χ0v) is 17.3. The van der Waals surface area contributed by atoms with Gasteiger partial charge in [-0.25, -0.2) is 4.68 Å². The van der Waals surface area contributed by atoms with E-state index < -0.39 is 5.54 Å². The summed E-state index contributed by atoms with van der Waals surface area (Å²) >= 11 is 0. The number of nitrogens with one attached hydrogen (secondary N) is 2. The van der Waals surface area contributed by atoms with E-state index in [-0.39, 0.29) is 24.5 Å². The quantitative estimate of drug-likeness (QED) is 0.716. The smallest absolute Gasteiger partial charge is 0.246 e. The van der Waals surface area contributed by atoms with Crippen LogP contribution in [-0.2, 0) is 20.9 Å². The molecule has 1 aromatic heterocycles. The molecule has 4 rings (SSSR count). The minimum Gasteiger partial charge on any atom is -0.375 e. The third kappa shape index (κ3) is 4.11. The first-order chi connectivity index (χ1) is 14.6. The van der Waals surface area contributed by atoms with Crippen LogP contribution in [0.1, 0.15) is 31.2 Å². The molecule has 0 unspecified atom stereocenters. The predicted octanol–water partition coefficient (Wildman–Crippen LogP) is 1.25. The fraction of sp³-hybridized carbons (Fsp3) is 0.500. The highest BCUT2D eigenvalue weighted by atomic mass is 16.5. The van der Waals surface area contributed by atoms with E-state index >= 15 is 0 Å². The molecule has 2 aromatic rings. The Hall–Kier alpha value is -2.71. The standard InChI is InChI=1S/C22H29N5O3/c1-30-16-20(28)25-18-13-22(9-4-5-11-26(22)15-18)21(29)23-14-17-7-2-3-8-19(17)27-12-6-10-24-27/h2-3,6-8,10,12,18H,4-5,9,11,13-16H2,1H3,(H,23,29)(H,25,28)/t18-,22-/m0/s1. The van der Waals surface area contributed by atoms with Crippen molar-refractivity contribution in [2.75, 3.05) is 26.8 Å². The van der Waals surface area contributed by atoms with Gasteiger partial charge in [-0.2, -0.15) is 5.10 Å². The zero-order chi connectivity index (χ0) is 21.0.